The van der Waals surface area contributed by atoms with Gasteiger partial charge in [-0.15, -0.1) is 10.2 Å². The summed E-state index contributed by atoms with van der Waals surface area (Å²) in [6.45, 7) is 4.14. The van der Waals surface area contributed by atoms with Gasteiger partial charge in [0, 0.05) is 5.75 Å². The van der Waals surface area contributed by atoms with E-state index in [1.165, 1.54) is 23.1 Å². The van der Waals surface area contributed by atoms with Gasteiger partial charge in [-0.05, 0) is 26.0 Å². The minimum Gasteiger partial charge on any atom is -0.467 e. The van der Waals surface area contributed by atoms with Crippen molar-refractivity contribution in [2.24, 2.45) is 0 Å². The van der Waals surface area contributed by atoms with E-state index in [9.17, 15) is 5.11 Å². The summed E-state index contributed by atoms with van der Waals surface area (Å²) in [4.78, 5) is 0. The molecule has 2 aromatic rings. The third-order valence-corrected chi connectivity index (χ3v) is 4.41. The molecule has 0 aliphatic rings. The fraction of sp³-hybridized carbons (Fsp3) is 0.455. The van der Waals surface area contributed by atoms with Crippen molar-refractivity contribution in [2.75, 3.05) is 11.1 Å². The number of aromatic nitrogens is 2. The van der Waals surface area contributed by atoms with Crippen LogP contribution in [-0.2, 0) is 6.54 Å². The van der Waals surface area contributed by atoms with E-state index in [2.05, 4.69) is 15.5 Å². The largest absolute Gasteiger partial charge is 0.467 e. The number of rotatable bonds is 6. The third kappa shape index (κ3) is 4.32. The Hall–Kier alpha value is -1.05. The molecule has 2 aromatic heterocycles. The van der Waals surface area contributed by atoms with Crippen LogP contribution in [0.5, 0.6) is 0 Å². The molecule has 0 unspecified atom stereocenters. The molecule has 98 valence electrons. The molecule has 0 aromatic carbocycles. The molecule has 2 heterocycles. The molecule has 2 N–H and O–H groups in total. The van der Waals surface area contributed by atoms with E-state index in [0.29, 0.717) is 12.3 Å². The van der Waals surface area contributed by atoms with Crippen molar-refractivity contribution in [2.45, 2.75) is 30.3 Å². The van der Waals surface area contributed by atoms with Crippen LogP contribution in [0.1, 0.15) is 19.6 Å². The number of nitrogens with one attached hydrogen (secondary N) is 1. The van der Waals surface area contributed by atoms with Crippen LogP contribution in [0.2, 0.25) is 0 Å². The van der Waals surface area contributed by atoms with E-state index >= 15 is 0 Å². The molecule has 2 rings (SSSR count). The quantitative estimate of drug-likeness (QED) is 0.795. The van der Waals surface area contributed by atoms with Crippen LogP contribution in [-0.4, -0.2) is 26.7 Å². The molecule has 0 saturated carbocycles. The average molecular weight is 285 g/mol. The van der Waals surface area contributed by atoms with Crippen molar-refractivity contribution in [1.82, 2.24) is 10.2 Å². The highest BCUT2D eigenvalue weighted by Gasteiger charge is 2.14. The number of nitrogens with zero attached hydrogens (tertiary/aromatic N) is 2. The Morgan fingerprint density at radius 1 is 1.50 bits per heavy atom. The lowest BCUT2D eigenvalue weighted by atomic mass is 10.2. The zero-order chi connectivity index (χ0) is 13.0. The molecule has 0 aliphatic carbocycles. The van der Waals surface area contributed by atoms with Gasteiger partial charge in [-0.2, -0.15) is 0 Å². The second-order valence-electron chi connectivity index (χ2n) is 4.41. The van der Waals surface area contributed by atoms with Crippen LogP contribution in [0.25, 0.3) is 0 Å². The molecule has 0 atom stereocenters. The maximum atomic E-state index is 9.62. The van der Waals surface area contributed by atoms with Crippen molar-refractivity contribution in [3.8, 4) is 0 Å². The fourth-order valence-electron chi connectivity index (χ4n) is 1.15. The smallest absolute Gasteiger partial charge is 0.206 e. The molecule has 18 heavy (non-hydrogen) atoms. The predicted molar refractivity (Wildman–Crippen MR) is 73.0 cm³/mol. The molecule has 0 saturated heterocycles. The highest BCUT2D eigenvalue weighted by molar-refractivity contribution is 8.01. The molecule has 0 amide bonds. The van der Waals surface area contributed by atoms with Gasteiger partial charge in [0.2, 0.25) is 5.13 Å². The summed E-state index contributed by atoms with van der Waals surface area (Å²) in [7, 11) is 0. The van der Waals surface area contributed by atoms with Gasteiger partial charge in [0.25, 0.3) is 0 Å². The first kappa shape index (κ1) is 13.4. The summed E-state index contributed by atoms with van der Waals surface area (Å²) in [5, 5.41) is 21.6. The van der Waals surface area contributed by atoms with Crippen LogP contribution in [0, 0.1) is 0 Å². The molecule has 0 bridgehead atoms. The van der Waals surface area contributed by atoms with Crippen molar-refractivity contribution >= 4 is 28.2 Å². The highest BCUT2D eigenvalue weighted by Crippen LogP contribution is 2.28. The van der Waals surface area contributed by atoms with Gasteiger partial charge in [-0.3, -0.25) is 0 Å². The maximum absolute atomic E-state index is 9.62. The minimum atomic E-state index is -0.696. The van der Waals surface area contributed by atoms with Gasteiger partial charge in [0.15, 0.2) is 4.34 Å². The SMILES string of the molecule is CC(C)(O)CSc1nnc(NCc2ccco2)s1. The van der Waals surface area contributed by atoms with Crippen LogP contribution in [0.3, 0.4) is 0 Å². The van der Waals surface area contributed by atoms with Gasteiger partial charge in [-0.1, -0.05) is 23.1 Å². The molecule has 0 spiro atoms. The predicted octanol–water partition coefficient (Wildman–Crippen LogP) is 2.61. The fourth-order valence-corrected chi connectivity index (χ4v) is 2.85. The van der Waals surface area contributed by atoms with Gasteiger partial charge >= 0.3 is 0 Å². The first-order valence-corrected chi connectivity index (χ1v) is 7.28. The molecule has 0 fully saturated rings. The Morgan fingerprint density at radius 2 is 2.33 bits per heavy atom. The number of hydrogen-bond donors (Lipinski definition) is 2. The van der Waals surface area contributed by atoms with Gasteiger partial charge in [0.05, 0.1) is 18.4 Å². The lowest BCUT2D eigenvalue weighted by Gasteiger charge is -2.14. The zero-order valence-corrected chi connectivity index (χ0v) is 11.8. The molecule has 7 heteroatoms. The second-order valence-corrected chi connectivity index (χ2v) is 6.61. The van der Waals surface area contributed by atoms with Gasteiger partial charge in [0.1, 0.15) is 5.76 Å². The van der Waals surface area contributed by atoms with E-state index in [4.69, 9.17) is 4.42 Å². The first-order valence-electron chi connectivity index (χ1n) is 5.48. The lowest BCUT2D eigenvalue weighted by molar-refractivity contribution is 0.107. The Kier molecular flexibility index (Phi) is 4.26. The van der Waals surface area contributed by atoms with Crippen LogP contribution in [0.15, 0.2) is 27.2 Å². The average Bonchev–Trinajstić information content (AvgIpc) is 2.94. The van der Waals surface area contributed by atoms with Crippen molar-refractivity contribution in [3.63, 3.8) is 0 Å². The van der Waals surface area contributed by atoms with Gasteiger partial charge in [-0.25, -0.2) is 0 Å². The molecule has 0 aliphatic heterocycles. The summed E-state index contributed by atoms with van der Waals surface area (Å²) < 4.78 is 6.06. The summed E-state index contributed by atoms with van der Waals surface area (Å²) >= 11 is 2.98. The molecular weight excluding hydrogens is 270 g/mol. The van der Waals surface area contributed by atoms with Crippen molar-refractivity contribution in [1.29, 1.82) is 0 Å². The highest BCUT2D eigenvalue weighted by atomic mass is 32.2. The lowest BCUT2D eigenvalue weighted by Crippen LogP contribution is -2.21. The van der Waals surface area contributed by atoms with E-state index in [1.807, 2.05) is 12.1 Å². The maximum Gasteiger partial charge on any atom is 0.206 e. The number of furan rings is 1. The standard InChI is InChI=1S/C11H15N3O2S2/c1-11(2,15)7-17-10-14-13-9(18-10)12-6-8-4-3-5-16-8/h3-5,15H,6-7H2,1-2H3,(H,12,13). The Morgan fingerprint density at radius 3 is 3.00 bits per heavy atom. The van der Waals surface area contributed by atoms with Crippen LogP contribution in [0.4, 0.5) is 5.13 Å². The number of anilines is 1. The second kappa shape index (κ2) is 5.73. The number of aliphatic hydroxyl groups is 1. The van der Waals surface area contributed by atoms with Gasteiger partial charge < -0.3 is 14.8 Å². The summed E-state index contributed by atoms with van der Waals surface area (Å²) in [5.74, 6) is 1.45. The van der Waals surface area contributed by atoms with E-state index in [0.717, 1.165) is 15.2 Å². The Balaban J connectivity index is 1.82. The minimum absolute atomic E-state index is 0.595. The zero-order valence-electron chi connectivity index (χ0n) is 10.2. The normalized spacial score (nSPS) is 11.7. The summed E-state index contributed by atoms with van der Waals surface area (Å²) in [5.41, 5.74) is -0.696. The Labute approximate surface area is 114 Å². The molecule has 5 nitrogen and oxygen atoms in total. The third-order valence-electron chi connectivity index (χ3n) is 1.95. The van der Waals surface area contributed by atoms with E-state index in [1.54, 1.807) is 20.1 Å². The van der Waals surface area contributed by atoms with Crippen LogP contribution >= 0.6 is 23.1 Å². The monoisotopic (exact) mass is 285 g/mol. The first-order chi connectivity index (χ1) is 8.53. The number of thioether (sulfide) groups is 1. The topological polar surface area (TPSA) is 71.2 Å². The van der Waals surface area contributed by atoms with Crippen LogP contribution < -0.4 is 5.32 Å². The van der Waals surface area contributed by atoms with E-state index in [-0.39, 0.29) is 0 Å². The Bertz CT molecular complexity index is 477. The van der Waals surface area contributed by atoms with Crippen molar-refractivity contribution < 1.29 is 9.52 Å². The molecular formula is C11H15N3O2S2. The van der Waals surface area contributed by atoms with E-state index < -0.39 is 5.60 Å². The van der Waals surface area contributed by atoms with Crippen molar-refractivity contribution in [3.05, 3.63) is 24.2 Å². The summed E-state index contributed by atoms with van der Waals surface area (Å²) in [6, 6.07) is 3.75. The molecule has 0 radical (unpaired) electrons. The number of hydrogen-bond acceptors (Lipinski definition) is 7. The summed E-state index contributed by atoms with van der Waals surface area (Å²) in [6.07, 6.45) is 1.64.